The van der Waals surface area contributed by atoms with Crippen LogP contribution in [0.4, 0.5) is 0 Å². The Morgan fingerprint density at radius 2 is 2.09 bits per heavy atom. The van der Waals surface area contributed by atoms with E-state index in [0.717, 1.165) is 44.5 Å². The second-order valence-corrected chi connectivity index (χ2v) is 6.85. The summed E-state index contributed by atoms with van der Waals surface area (Å²) in [5.41, 5.74) is 6.55. The van der Waals surface area contributed by atoms with E-state index in [1.54, 1.807) is 6.92 Å². The highest BCUT2D eigenvalue weighted by molar-refractivity contribution is 5.81. The van der Waals surface area contributed by atoms with Gasteiger partial charge in [0.05, 0.1) is 6.04 Å². The third-order valence-electron chi connectivity index (χ3n) is 5.02. The number of amides is 1. The van der Waals surface area contributed by atoms with E-state index in [1.807, 2.05) is 24.4 Å². The van der Waals surface area contributed by atoms with Gasteiger partial charge in [-0.25, -0.2) is 0 Å². The summed E-state index contributed by atoms with van der Waals surface area (Å²) in [5.74, 6) is -0.0714. The highest BCUT2D eigenvalue weighted by Crippen LogP contribution is 2.27. The molecule has 1 aliphatic heterocycles. The number of likely N-dealkylation sites (tertiary alicyclic amines) is 1. The van der Waals surface area contributed by atoms with Crippen LogP contribution >= 0.6 is 0 Å². The standard InChI is InChI=1S/C18H30N4O/c1-4-14(2)22-11-8-18(9-12-22,21-17(23)15(3)19)13-16-7-5-6-10-20-16/h5-7,10,14-15H,4,8-9,11-13,19H2,1-3H3,(H,21,23). The number of nitrogens with zero attached hydrogens (tertiary/aromatic N) is 2. The van der Waals surface area contributed by atoms with Gasteiger partial charge in [-0.2, -0.15) is 0 Å². The molecule has 0 aromatic carbocycles. The van der Waals surface area contributed by atoms with E-state index in [9.17, 15) is 4.79 Å². The van der Waals surface area contributed by atoms with Crippen molar-refractivity contribution in [3.63, 3.8) is 0 Å². The number of rotatable bonds is 6. The van der Waals surface area contributed by atoms with Gasteiger partial charge in [0.1, 0.15) is 0 Å². The van der Waals surface area contributed by atoms with Crippen molar-refractivity contribution in [2.45, 2.75) is 64.1 Å². The third-order valence-corrected chi connectivity index (χ3v) is 5.02. The zero-order valence-corrected chi connectivity index (χ0v) is 14.6. The van der Waals surface area contributed by atoms with Gasteiger partial charge in [-0.05, 0) is 45.2 Å². The number of carbonyl (C=O) groups is 1. The van der Waals surface area contributed by atoms with Crippen LogP contribution in [-0.2, 0) is 11.2 Å². The quantitative estimate of drug-likeness (QED) is 0.838. The van der Waals surface area contributed by atoms with Gasteiger partial charge in [-0.1, -0.05) is 13.0 Å². The first-order valence-electron chi connectivity index (χ1n) is 8.67. The Bertz CT molecular complexity index is 495. The van der Waals surface area contributed by atoms with E-state index < -0.39 is 6.04 Å². The molecule has 2 heterocycles. The van der Waals surface area contributed by atoms with E-state index in [4.69, 9.17) is 5.73 Å². The normalized spacial score (nSPS) is 20.7. The van der Waals surface area contributed by atoms with E-state index in [0.29, 0.717) is 6.04 Å². The molecular weight excluding hydrogens is 288 g/mol. The summed E-state index contributed by atoms with van der Waals surface area (Å²) >= 11 is 0. The average Bonchev–Trinajstić information content (AvgIpc) is 2.55. The lowest BCUT2D eigenvalue weighted by Gasteiger charge is -2.44. The lowest BCUT2D eigenvalue weighted by molar-refractivity contribution is -0.124. The summed E-state index contributed by atoms with van der Waals surface area (Å²) < 4.78 is 0. The molecule has 2 rings (SSSR count). The number of hydrogen-bond acceptors (Lipinski definition) is 4. The summed E-state index contributed by atoms with van der Waals surface area (Å²) in [6, 6.07) is 6.05. The van der Waals surface area contributed by atoms with Crippen molar-refractivity contribution < 1.29 is 4.79 Å². The maximum absolute atomic E-state index is 12.2. The van der Waals surface area contributed by atoms with Gasteiger partial charge in [0.15, 0.2) is 0 Å². The second kappa shape index (κ2) is 7.88. The van der Waals surface area contributed by atoms with E-state index in [2.05, 4.69) is 29.0 Å². The zero-order valence-electron chi connectivity index (χ0n) is 14.6. The molecule has 1 saturated heterocycles. The molecule has 5 nitrogen and oxygen atoms in total. The Kier molecular flexibility index (Phi) is 6.13. The number of carbonyl (C=O) groups excluding carboxylic acids is 1. The van der Waals surface area contributed by atoms with Crippen molar-refractivity contribution in [1.82, 2.24) is 15.2 Å². The number of piperidine rings is 1. The molecule has 1 aromatic rings. The van der Waals surface area contributed by atoms with Crippen LogP contribution in [0, 0.1) is 0 Å². The van der Waals surface area contributed by atoms with Crippen LogP contribution in [-0.4, -0.2) is 46.5 Å². The van der Waals surface area contributed by atoms with E-state index >= 15 is 0 Å². The SMILES string of the molecule is CCC(C)N1CCC(Cc2ccccn2)(NC(=O)C(C)N)CC1. The van der Waals surface area contributed by atoms with Crippen LogP contribution in [0.1, 0.15) is 45.7 Å². The lowest BCUT2D eigenvalue weighted by atomic mass is 9.82. The molecule has 0 saturated carbocycles. The Hall–Kier alpha value is -1.46. The van der Waals surface area contributed by atoms with E-state index in [1.165, 1.54) is 0 Å². The smallest absolute Gasteiger partial charge is 0.237 e. The molecule has 0 spiro atoms. The van der Waals surface area contributed by atoms with Crippen LogP contribution in [0.5, 0.6) is 0 Å². The fraction of sp³-hybridized carbons (Fsp3) is 0.667. The monoisotopic (exact) mass is 318 g/mol. The number of nitrogens with one attached hydrogen (secondary N) is 1. The fourth-order valence-corrected chi connectivity index (χ4v) is 3.22. The molecule has 2 unspecified atom stereocenters. The minimum absolute atomic E-state index is 0.0714. The first-order valence-corrected chi connectivity index (χ1v) is 8.67. The zero-order chi connectivity index (χ0) is 16.9. The second-order valence-electron chi connectivity index (χ2n) is 6.85. The summed E-state index contributed by atoms with van der Waals surface area (Å²) in [5, 5.41) is 3.23. The molecule has 0 bridgehead atoms. The van der Waals surface area contributed by atoms with Crippen molar-refractivity contribution in [2.75, 3.05) is 13.1 Å². The van der Waals surface area contributed by atoms with Gasteiger partial charge in [0, 0.05) is 43.0 Å². The first-order chi connectivity index (χ1) is 11.0. The molecule has 5 heteroatoms. The number of pyridine rings is 1. The highest BCUT2D eigenvalue weighted by atomic mass is 16.2. The Morgan fingerprint density at radius 3 is 2.61 bits per heavy atom. The molecule has 3 N–H and O–H groups in total. The Morgan fingerprint density at radius 1 is 1.39 bits per heavy atom. The number of hydrogen-bond donors (Lipinski definition) is 2. The predicted octanol–water partition coefficient (Wildman–Crippen LogP) is 1.72. The van der Waals surface area contributed by atoms with Crippen molar-refractivity contribution in [3.05, 3.63) is 30.1 Å². The molecule has 2 atom stereocenters. The minimum atomic E-state index is -0.483. The molecule has 0 radical (unpaired) electrons. The molecule has 1 aromatic heterocycles. The molecule has 1 aliphatic rings. The van der Waals surface area contributed by atoms with Crippen LogP contribution in [0.15, 0.2) is 24.4 Å². The van der Waals surface area contributed by atoms with Gasteiger partial charge in [-0.3, -0.25) is 9.78 Å². The fourth-order valence-electron chi connectivity index (χ4n) is 3.22. The summed E-state index contributed by atoms with van der Waals surface area (Å²) in [7, 11) is 0. The largest absolute Gasteiger partial charge is 0.349 e. The maximum Gasteiger partial charge on any atom is 0.237 e. The van der Waals surface area contributed by atoms with Crippen LogP contribution < -0.4 is 11.1 Å². The molecule has 1 amide bonds. The third kappa shape index (κ3) is 4.75. The van der Waals surface area contributed by atoms with Gasteiger partial charge < -0.3 is 16.0 Å². The van der Waals surface area contributed by atoms with Crippen LogP contribution in [0.3, 0.4) is 0 Å². The van der Waals surface area contributed by atoms with Gasteiger partial charge in [0.25, 0.3) is 0 Å². The predicted molar refractivity (Wildman–Crippen MR) is 93.0 cm³/mol. The lowest BCUT2D eigenvalue weighted by Crippen LogP contribution is -2.60. The molecule has 23 heavy (non-hydrogen) atoms. The van der Waals surface area contributed by atoms with Gasteiger partial charge >= 0.3 is 0 Å². The summed E-state index contributed by atoms with van der Waals surface area (Å²) in [6.45, 7) is 8.23. The maximum atomic E-state index is 12.2. The number of aromatic nitrogens is 1. The Balaban J connectivity index is 2.11. The number of nitrogens with two attached hydrogens (primary N) is 1. The van der Waals surface area contributed by atoms with Crippen molar-refractivity contribution in [1.29, 1.82) is 0 Å². The summed E-state index contributed by atoms with van der Waals surface area (Å²) in [4.78, 5) is 19.2. The first kappa shape index (κ1) is 17.9. The van der Waals surface area contributed by atoms with Gasteiger partial charge in [-0.15, -0.1) is 0 Å². The van der Waals surface area contributed by atoms with E-state index in [-0.39, 0.29) is 11.4 Å². The van der Waals surface area contributed by atoms with Crippen LogP contribution in [0.2, 0.25) is 0 Å². The highest BCUT2D eigenvalue weighted by Gasteiger charge is 2.37. The minimum Gasteiger partial charge on any atom is -0.349 e. The van der Waals surface area contributed by atoms with Gasteiger partial charge in [0.2, 0.25) is 5.91 Å². The van der Waals surface area contributed by atoms with Crippen molar-refractivity contribution in [2.24, 2.45) is 5.73 Å². The molecule has 0 aliphatic carbocycles. The average molecular weight is 318 g/mol. The Labute approximate surface area is 139 Å². The topological polar surface area (TPSA) is 71.2 Å². The summed E-state index contributed by atoms with van der Waals surface area (Å²) in [6.07, 6.45) is 5.60. The molecular formula is C18H30N4O. The van der Waals surface area contributed by atoms with Crippen LogP contribution in [0.25, 0.3) is 0 Å². The van der Waals surface area contributed by atoms with Crippen molar-refractivity contribution in [3.8, 4) is 0 Å². The molecule has 1 fully saturated rings. The molecule has 128 valence electrons. The van der Waals surface area contributed by atoms with Crippen molar-refractivity contribution >= 4 is 5.91 Å².